The zero-order chi connectivity index (χ0) is 35.8. The second-order valence-corrected chi connectivity index (χ2v) is 15.2. The van der Waals surface area contributed by atoms with Gasteiger partial charge in [-0.2, -0.15) is 0 Å². The van der Waals surface area contributed by atoms with E-state index in [-0.39, 0.29) is 24.0 Å². The van der Waals surface area contributed by atoms with Crippen LogP contribution < -0.4 is 9.64 Å². The van der Waals surface area contributed by atoms with Gasteiger partial charge in [-0.1, -0.05) is 57.7 Å². The number of carboxylic acids is 2. The minimum Gasteiger partial charge on any atom is -0.487 e. The molecule has 3 aromatic rings. The molecule has 2 atom stereocenters. The lowest BCUT2D eigenvalue weighted by Gasteiger charge is -2.38. The van der Waals surface area contributed by atoms with Crippen LogP contribution in [-0.4, -0.2) is 78.2 Å². The molecule has 2 heterocycles. The third-order valence-corrected chi connectivity index (χ3v) is 11.4. The van der Waals surface area contributed by atoms with Crippen LogP contribution in [0.3, 0.4) is 0 Å². The molecule has 0 saturated carbocycles. The van der Waals surface area contributed by atoms with Crippen LogP contribution in [0.1, 0.15) is 87.2 Å². The average molecular weight is 696 g/mol. The molecule has 1 aliphatic rings. The highest BCUT2D eigenvalue weighted by molar-refractivity contribution is 7.92. The van der Waals surface area contributed by atoms with Crippen LogP contribution in [0.25, 0.3) is 0 Å². The van der Waals surface area contributed by atoms with E-state index in [0.29, 0.717) is 42.0 Å². The van der Waals surface area contributed by atoms with Crippen molar-refractivity contribution in [3.8, 4) is 5.75 Å². The summed E-state index contributed by atoms with van der Waals surface area (Å²) in [5.74, 6) is -1.94. The van der Waals surface area contributed by atoms with Crippen LogP contribution in [0.2, 0.25) is 0 Å². The number of nitrogens with zero attached hydrogens (tertiary/aromatic N) is 3. The van der Waals surface area contributed by atoms with Gasteiger partial charge in [-0.05, 0) is 72.9 Å². The summed E-state index contributed by atoms with van der Waals surface area (Å²) in [7, 11) is -0.197. The number of carbonyl (C=O) groups is 2. The predicted octanol–water partition coefficient (Wildman–Crippen LogP) is 5.69. The zero-order valence-corrected chi connectivity index (χ0v) is 29.7. The standard InChI is InChI=1S/C37H49N3O8S/c1-5-7-18-37(19-8-6-2)21-32(31-20-29(39(3)4)14-17-33(31)49(46,47)36(37)45)26-12-15-30(16-13-26)48-25-28-11-9-10-27(38-28)22-40(23-34(41)42)24-35(43)44/h9-17,20,32,36,45H,5-8,18-19,21-25H2,1-4H3,(H,41,42)(H,43,44). The second-order valence-electron chi connectivity index (χ2n) is 13.3. The number of rotatable bonds is 17. The maximum atomic E-state index is 14.1. The monoisotopic (exact) mass is 695 g/mol. The molecule has 0 amide bonds. The Balaban J connectivity index is 1.63. The van der Waals surface area contributed by atoms with Gasteiger partial charge in [0.15, 0.2) is 5.44 Å². The lowest BCUT2D eigenvalue weighted by molar-refractivity contribution is -0.142. The van der Waals surface area contributed by atoms with E-state index in [2.05, 4.69) is 18.8 Å². The number of aliphatic hydroxyl groups excluding tert-OH is 1. The number of carboxylic acid groups (broad SMARTS) is 2. The normalized spacial score (nSPS) is 18.0. The molecule has 1 aliphatic heterocycles. The van der Waals surface area contributed by atoms with Crippen LogP contribution >= 0.6 is 0 Å². The average Bonchev–Trinajstić information content (AvgIpc) is 3.12. The summed E-state index contributed by atoms with van der Waals surface area (Å²) < 4.78 is 34.3. The Morgan fingerprint density at radius 2 is 1.53 bits per heavy atom. The highest BCUT2D eigenvalue weighted by Crippen LogP contribution is 2.52. The first kappa shape index (κ1) is 37.8. The molecule has 4 rings (SSSR count). The SMILES string of the molecule is CCCCC1(CCCC)CC(c2ccc(OCc3cccc(CN(CC(=O)O)CC(=O)O)n3)cc2)c2cc(N(C)C)ccc2S(=O)(=O)C1O. The van der Waals surface area contributed by atoms with Crippen molar-refractivity contribution in [1.29, 1.82) is 0 Å². The molecule has 12 heteroatoms. The number of benzene rings is 2. The maximum absolute atomic E-state index is 14.1. The molecule has 1 aromatic heterocycles. The Labute approximate surface area is 289 Å². The quantitative estimate of drug-likeness (QED) is 0.159. The van der Waals surface area contributed by atoms with Gasteiger partial charge in [0.05, 0.1) is 29.4 Å². The van der Waals surface area contributed by atoms with E-state index in [0.717, 1.165) is 36.9 Å². The number of unbranched alkanes of at least 4 members (excludes halogenated alkanes) is 2. The Morgan fingerprint density at radius 1 is 0.918 bits per heavy atom. The molecule has 2 unspecified atom stereocenters. The lowest BCUT2D eigenvalue weighted by atomic mass is 9.69. The fourth-order valence-corrected chi connectivity index (χ4v) is 8.79. The first-order chi connectivity index (χ1) is 23.3. The molecule has 0 spiro atoms. The third-order valence-electron chi connectivity index (χ3n) is 9.31. The van der Waals surface area contributed by atoms with Crippen LogP contribution in [0.4, 0.5) is 5.69 Å². The van der Waals surface area contributed by atoms with E-state index < -0.39 is 45.7 Å². The fourth-order valence-electron chi connectivity index (χ4n) is 6.77. The molecule has 2 aromatic carbocycles. The van der Waals surface area contributed by atoms with Crippen molar-refractivity contribution < 1.29 is 38.1 Å². The summed E-state index contributed by atoms with van der Waals surface area (Å²) in [4.78, 5) is 30.3. The highest BCUT2D eigenvalue weighted by Gasteiger charge is 2.50. The van der Waals surface area contributed by atoms with Gasteiger partial charge in [0.1, 0.15) is 12.4 Å². The van der Waals surface area contributed by atoms with Crippen molar-refractivity contribution in [2.45, 2.75) is 88.2 Å². The van der Waals surface area contributed by atoms with Crippen molar-refractivity contribution in [3.63, 3.8) is 0 Å². The number of aromatic nitrogens is 1. The number of ether oxygens (including phenoxy) is 1. The zero-order valence-electron chi connectivity index (χ0n) is 28.8. The number of fused-ring (bicyclic) bond motifs is 1. The van der Waals surface area contributed by atoms with Crippen LogP contribution in [0.5, 0.6) is 5.75 Å². The van der Waals surface area contributed by atoms with E-state index in [1.54, 1.807) is 30.3 Å². The number of anilines is 1. The van der Waals surface area contributed by atoms with Gasteiger partial charge in [-0.25, -0.2) is 8.42 Å². The molecule has 0 bridgehead atoms. The molecule has 0 fully saturated rings. The van der Waals surface area contributed by atoms with Gasteiger partial charge < -0.3 is 25.0 Å². The molecular formula is C37H49N3O8S. The van der Waals surface area contributed by atoms with E-state index in [4.69, 9.17) is 14.9 Å². The molecule has 0 aliphatic carbocycles. The van der Waals surface area contributed by atoms with E-state index >= 15 is 0 Å². The van der Waals surface area contributed by atoms with Gasteiger partial charge in [0.25, 0.3) is 0 Å². The van der Waals surface area contributed by atoms with Crippen molar-refractivity contribution in [1.82, 2.24) is 9.88 Å². The van der Waals surface area contributed by atoms with Gasteiger partial charge in [-0.3, -0.25) is 19.5 Å². The van der Waals surface area contributed by atoms with E-state index in [9.17, 15) is 23.1 Å². The predicted molar refractivity (Wildman–Crippen MR) is 187 cm³/mol. The van der Waals surface area contributed by atoms with Gasteiger partial charge in [0.2, 0.25) is 9.84 Å². The van der Waals surface area contributed by atoms with Crippen molar-refractivity contribution in [2.24, 2.45) is 5.41 Å². The molecule has 11 nitrogen and oxygen atoms in total. The minimum atomic E-state index is -4.04. The van der Waals surface area contributed by atoms with E-state index in [1.807, 2.05) is 49.3 Å². The smallest absolute Gasteiger partial charge is 0.317 e. The largest absolute Gasteiger partial charge is 0.487 e. The van der Waals surface area contributed by atoms with Crippen LogP contribution in [0, 0.1) is 5.41 Å². The van der Waals surface area contributed by atoms with Crippen molar-refractivity contribution in [3.05, 3.63) is 83.2 Å². The number of aliphatic hydroxyl groups is 1. The Morgan fingerprint density at radius 3 is 2.10 bits per heavy atom. The lowest BCUT2D eigenvalue weighted by Crippen LogP contribution is -2.40. The van der Waals surface area contributed by atoms with E-state index in [1.165, 1.54) is 4.90 Å². The van der Waals surface area contributed by atoms with Gasteiger partial charge in [-0.15, -0.1) is 0 Å². The number of hydrogen-bond donors (Lipinski definition) is 3. The Kier molecular flexibility index (Phi) is 12.8. The first-order valence-corrected chi connectivity index (χ1v) is 18.4. The number of aliphatic carboxylic acids is 2. The summed E-state index contributed by atoms with van der Waals surface area (Å²) in [6, 6.07) is 18.3. The summed E-state index contributed by atoms with van der Waals surface area (Å²) in [5.41, 5.74) is 1.32. The Bertz CT molecular complexity index is 1670. The fraction of sp³-hybridized carbons (Fsp3) is 0.486. The molecular weight excluding hydrogens is 646 g/mol. The molecule has 49 heavy (non-hydrogen) atoms. The number of sulfone groups is 1. The summed E-state index contributed by atoms with van der Waals surface area (Å²) >= 11 is 0. The summed E-state index contributed by atoms with van der Waals surface area (Å²) in [5, 5.41) is 30.1. The third kappa shape index (κ3) is 9.37. The molecule has 0 radical (unpaired) electrons. The second kappa shape index (κ2) is 16.6. The summed E-state index contributed by atoms with van der Waals surface area (Å²) in [6.45, 7) is 3.50. The topological polar surface area (TPSA) is 158 Å². The molecule has 3 N–H and O–H groups in total. The van der Waals surface area contributed by atoms with Gasteiger partial charge >= 0.3 is 11.9 Å². The van der Waals surface area contributed by atoms with Crippen molar-refractivity contribution >= 4 is 27.5 Å². The molecule has 0 saturated heterocycles. The highest BCUT2D eigenvalue weighted by atomic mass is 32.2. The first-order valence-electron chi connectivity index (χ1n) is 16.9. The van der Waals surface area contributed by atoms with Crippen LogP contribution in [0.15, 0.2) is 65.6 Å². The van der Waals surface area contributed by atoms with Crippen molar-refractivity contribution in [2.75, 3.05) is 32.1 Å². The maximum Gasteiger partial charge on any atom is 0.317 e. The Hall–Kier alpha value is -4.00. The molecule has 266 valence electrons. The minimum absolute atomic E-state index is 0.0575. The van der Waals surface area contributed by atoms with Crippen LogP contribution in [-0.2, 0) is 32.6 Å². The number of pyridine rings is 1. The summed E-state index contributed by atoms with van der Waals surface area (Å²) in [6.07, 6.45) is 5.17. The number of hydrogen-bond acceptors (Lipinski definition) is 9. The van der Waals surface area contributed by atoms with Gasteiger partial charge in [0, 0.05) is 37.7 Å².